The average molecular weight is 183 g/mol. The minimum Gasteiger partial charge on any atom is -0.320 e. The summed E-state index contributed by atoms with van der Waals surface area (Å²) in [6.45, 7) is 0. The number of hydrogen-bond acceptors (Lipinski definition) is 4. The van der Waals surface area contributed by atoms with Crippen molar-refractivity contribution in [2.24, 2.45) is 0 Å². The van der Waals surface area contributed by atoms with Crippen LogP contribution in [0.1, 0.15) is 11.0 Å². The number of nitrogens with one attached hydrogen (secondary N) is 2. The molecule has 5 nitrogen and oxygen atoms in total. The van der Waals surface area contributed by atoms with Crippen molar-refractivity contribution in [2.75, 3.05) is 0 Å². The molecule has 6 heteroatoms. The molecular weight excluding hydrogens is 178 g/mol. The van der Waals surface area contributed by atoms with E-state index in [0.717, 1.165) is 0 Å². The third-order valence-corrected chi connectivity index (χ3v) is 2.31. The normalized spacial score (nSPS) is 22.2. The number of aromatic nitrogens is 1. The van der Waals surface area contributed by atoms with Crippen molar-refractivity contribution in [3.05, 3.63) is 16.6 Å². The maximum atomic E-state index is 11.1. The minimum absolute atomic E-state index is 0.338. The molecule has 0 saturated carbocycles. The molecule has 1 atom stereocenters. The average Bonchev–Trinajstić information content (AvgIpc) is 2.58. The number of thiazole rings is 1. The Labute approximate surface area is 71.8 Å². The Morgan fingerprint density at radius 3 is 2.83 bits per heavy atom. The summed E-state index contributed by atoms with van der Waals surface area (Å²) in [5, 5.41) is 6.95. The number of carbonyl (C=O) groups excluding carboxylic acids is 2. The van der Waals surface area contributed by atoms with Crippen LogP contribution in [0.2, 0.25) is 0 Å². The second kappa shape index (κ2) is 2.56. The van der Waals surface area contributed by atoms with E-state index < -0.39 is 12.1 Å². The highest BCUT2D eigenvalue weighted by atomic mass is 32.1. The van der Waals surface area contributed by atoms with E-state index >= 15 is 0 Å². The Morgan fingerprint density at radius 2 is 2.33 bits per heavy atom. The first-order chi connectivity index (χ1) is 5.77. The van der Waals surface area contributed by atoms with E-state index in [1.165, 1.54) is 11.3 Å². The van der Waals surface area contributed by atoms with Crippen LogP contribution in [0, 0.1) is 0 Å². The van der Waals surface area contributed by atoms with Crippen LogP contribution < -0.4 is 10.6 Å². The van der Waals surface area contributed by atoms with Crippen molar-refractivity contribution in [1.29, 1.82) is 0 Å². The van der Waals surface area contributed by atoms with Gasteiger partial charge >= 0.3 is 6.03 Å². The molecule has 0 spiro atoms. The first kappa shape index (κ1) is 7.23. The zero-order valence-electron chi connectivity index (χ0n) is 5.90. The second-order valence-corrected chi connectivity index (χ2v) is 3.19. The van der Waals surface area contributed by atoms with Crippen molar-refractivity contribution < 1.29 is 9.59 Å². The minimum atomic E-state index is -0.600. The van der Waals surface area contributed by atoms with E-state index in [9.17, 15) is 9.59 Å². The quantitative estimate of drug-likeness (QED) is 0.603. The monoisotopic (exact) mass is 183 g/mol. The molecule has 1 unspecified atom stereocenters. The predicted molar refractivity (Wildman–Crippen MR) is 41.5 cm³/mol. The van der Waals surface area contributed by atoms with Gasteiger partial charge in [0.15, 0.2) is 6.04 Å². The fourth-order valence-electron chi connectivity index (χ4n) is 0.968. The van der Waals surface area contributed by atoms with Crippen molar-refractivity contribution in [1.82, 2.24) is 15.6 Å². The Hall–Kier alpha value is -1.43. The fourth-order valence-corrected chi connectivity index (χ4v) is 1.65. The lowest BCUT2D eigenvalue weighted by atomic mass is 10.3. The number of carbonyl (C=O) groups is 2. The molecule has 1 aromatic heterocycles. The van der Waals surface area contributed by atoms with Gasteiger partial charge in [0.05, 0.1) is 0 Å². The highest BCUT2D eigenvalue weighted by Crippen LogP contribution is 2.17. The van der Waals surface area contributed by atoms with Crippen molar-refractivity contribution >= 4 is 23.3 Å². The van der Waals surface area contributed by atoms with Gasteiger partial charge < -0.3 is 5.32 Å². The molecule has 1 aliphatic heterocycles. The van der Waals surface area contributed by atoms with Crippen molar-refractivity contribution in [3.63, 3.8) is 0 Å². The van der Waals surface area contributed by atoms with Gasteiger partial charge in [0.25, 0.3) is 5.91 Å². The molecule has 0 radical (unpaired) electrons. The summed E-state index contributed by atoms with van der Waals surface area (Å²) in [6, 6.07) is -1.06. The van der Waals surface area contributed by atoms with Crippen LogP contribution in [0.3, 0.4) is 0 Å². The summed E-state index contributed by atoms with van der Waals surface area (Å²) in [4.78, 5) is 25.7. The Bertz CT molecular complexity index is 322. The molecule has 2 rings (SSSR count). The molecule has 2 N–H and O–H groups in total. The number of hydrogen-bond donors (Lipinski definition) is 2. The van der Waals surface area contributed by atoms with Gasteiger partial charge in [-0.25, -0.2) is 9.78 Å². The summed E-state index contributed by atoms with van der Waals surface area (Å²) >= 11 is 1.34. The largest absolute Gasteiger partial charge is 0.322 e. The smallest absolute Gasteiger partial charge is 0.320 e. The Kier molecular flexibility index (Phi) is 1.54. The number of imide groups is 1. The van der Waals surface area contributed by atoms with Gasteiger partial charge in [-0.1, -0.05) is 0 Å². The van der Waals surface area contributed by atoms with Crippen molar-refractivity contribution in [2.45, 2.75) is 6.04 Å². The Morgan fingerprint density at radius 1 is 1.50 bits per heavy atom. The van der Waals surface area contributed by atoms with E-state index in [4.69, 9.17) is 0 Å². The molecular formula is C6H5N3O2S. The maximum absolute atomic E-state index is 11.1. The van der Waals surface area contributed by atoms with Crippen LogP contribution in [0.4, 0.5) is 4.79 Å². The van der Waals surface area contributed by atoms with Gasteiger partial charge in [-0.05, 0) is 0 Å². The molecule has 12 heavy (non-hydrogen) atoms. The Balaban J connectivity index is 2.26. The van der Waals surface area contributed by atoms with Gasteiger partial charge in [0.2, 0.25) is 0 Å². The molecule has 0 aliphatic carbocycles. The van der Waals surface area contributed by atoms with Crippen LogP contribution in [0.5, 0.6) is 0 Å². The lowest BCUT2D eigenvalue weighted by molar-refractivity contribution is -0.120. The standard InChI is InChI=1S/C6H5N3O2S/c10-4-3(8-6(11)9-4)5-7-1-2-12-5/h1-3H,(H2,8,9,10,11). The lowest BCUT2D eigenvalue weighted by Crippen LogP contribution is -2.22. The fraction of sp³-hybridized carbons (Fsp3) is 0.167. The van der Waals surface area contributed by atoms with Crippen LogP contribution in [0.15, 0.2) is 11.6 Å². The maximum Gasteiger partial charge on any atom is 0.322 e. The summed E-state index contributed by atoms with van der Waals surface area (Å²) in [7, 11) is 0. The summed E-state index contributed by atoms with van der Waals surface area (Å²) in [6.07, 6.45) is 1.59. The van der Waals surface area contributed by atoms with Crippen LogP contribution in [0.25, 0.3) is 0 Å². The summed E-state index contributed by atoms with van der Waals surface area (Å²) in [5.74, 6) is -0.338. The molecule has 3 amide bonds. The van der Waals surface area contributed by atoms with Gasteiger partial charge in [0.1, 0.15) is 5.01 Å². The summed E-state index contributed by atoms with van der Waals surface area (Å²) < 4.78 is 0. The molecule has 1 saturated heterocycles. The lowest BCUT2D eigenvalue weighted by Gasteiger charge is -1.99. The van der Waals surface area contributed by atoms with Crippen LogP contribution in [-0.2, 0) is 4.79 Å². The van der Waals surface area contributed by atoms with E-state index in [1.807, 2.05) is 0 Å². The SMILES string of the molecule is O=C1NC(=O)C(c2nccs2)N1. The van der Waals surface area contributed by atoms with Gasteiger partial charge in [-0.15, -0.1) is 11.3 Å². The predicted octanol–water partition coefficient (Wildman–Crippen LogP) is 0.0236. The second-order valence-electron chi connectivity index (χ2n) is 2.27. The molecule has 1 fully saturated rings. The topological polar surface area (TPSA) is 71.1 Å². The molecule has 1 aromatic rings. The first-order valence-electron chi connectivity index (χ1n) is 3.28. The van der Waals surface area contributed by atoms with Crippen LogP contribution in [-0.4, -0.2) is 16.9 Å². The first-order valence-corrected chi connectivity index (χ1v) is 4.16. The van der Waals surface area contributed by atoms with E-state index in [1.54, 1.807) is 11.6 Å². The van der Waals surface area contributed by atoms with Gasteiger partial charge in [0, 0.05) is 11.6 Å². The molecule has 62 valence electrons. The number of nitrogens with zero attached hydrogens (tertiary/aromatic N) is 1. The van der Waals surface area contributed by atoms with Gasteiger partial charge in [-0.2, -0.15) is 0 Å². The number of rotatable bonds is 1. The highest BCUT2D eigenvalue weighted by molar-refractivity contribution is 7.09. The molecule has 1 aliphatic rings. The molecule has 0 aromatic carbocycles. The van der Waals surface area contributed by atoms with E-state index in [0.29, 0.717) is 5.01 Å². The highest BCUT2D eigenvalue weighted by Gasteiger charge is 2.32. The van der Waals surface area contributed by atoms with Gasteiger partial charge in [-0.3, -0.25) is 10.1 Å². The van der Waals surface area contributed by atoms with E-state index in [-0.39, 0.29) is 5.91 Å². The third-order valence-electron chi connectivity index (χ3n) is 1.47. The number of urea groups is 1. The van der Waals surface area contributed by atoms with Crippen LogP contribution >= 0.6 is 11.3 Å². The molecule has 2 heterocycles. The van der Waals surface area contributed by atoms with E-state index in [2.05, 4.69) is 15.6 Å². The summed E-state index contributed by atoms with van der Waals surface area (Å²) in [5.41, 5.74) is 0. The zero-order valence-corrected chi connectivity index (χ0v) is 6.72. The van der Waals surface area contributed by atoms with Crippen molar-refractivity contribution in [3.8, 4) is 0 Å². The number of amides is 3. The zero-order chi connectivity index (χ0) is 8.55. The molecule has 0 bridgehead atoms. The third kappa shape index (κ3) is 1.06.